The molecular formula is C13H24N2O4. The lowest BCUT2D eigenvalue weighted by atomic mass is 9.96. The van der Waals surface area contributed by atoms with Crippen molar-refractivity contribution in [2.45, 2.75) is 45.8 Å². The number of nitrogens with one attached hydrogen (secondary N) is 1. The molecule has 1 aliphatic heterocycles. The summed E-state index contributed by atoms with van der Waals surface area (Å²) >= 11 is 0. The molecule has 0 bridgehead atoms. The topological polar surface area (TPSA) is 89.9 Å². The highest BCUT2D eigenvalue weighted by Crippen LogP contribution is 2.17. The van der Waals surface area contributed by atoms with E-state index >= 15 is 0 Å². The van der Waals surface area contributed by atoms with Crippen molar-refractivity contribution in [2.24, 2.45) is 11.8 Å². The van der Waals surface area contributed by atoms with Crippen LogP contribution in [0.5, 0.6) is 0 Å². The van der Waals surface area contributed by atoms with E-state index in [9.17, 15) is 14.7 Å². The third-order valence-electron chi connectivity index (χ3n) is 3.51. The van der Waals surface area contributed by atoms with Gasteiger partial charge in [0.2, 0.25) is 0 Å². The van der Waals surface area contributed by atoms with Crippen molar-refractivity contribution in [2.75, 3.05) is 13.1 Å². The number of rotatable bonds is 4. The molecule has 0 aromatic heterocycles. The Kier molecular flexibility index (Phi) is 5.60. The molecule has 1 aliphatic rings. The molecule has 0 aliphatic carbocycles. The van der Waals surface area contributed by atoms with Crippen LogP contribution in [0.1, 0.15) is 33.6 Å². The van der Waals surface area contributed by atoms with Crippen LogP contribution in [0.3, 0.4) is 0 Å². The molecule has 110 valence electrons. The molecule has 0 aromatic rings. The molecule has 19 heavy (non-hydrogen) atoms. The molecule has 3 N–H and O–H groups in total. The fraction of sp³-hybridized carbons (Fsp3) is 0.846. The van der Waals surface area contributed by atoms with Gasteiger partial charge < -0.3 is 20.4 Å². The van der Waals surface area contributed by atoms with Crippen molar-refractivity contribution in [1.29, 1.82) is 0 Å². The van der Waals surface area contributed by atoms with E-state index < -0.39 is 24.1 Å². The summed E-state index contributed by atoms with van der Waals surface area (Å²) in [6.45, 7) is 6.58. The average Bonchev–Trinajstić information content (AvgIpc) is 2.31. The van der Waals surface area contributed by atoms with Gasteiger partial charge in [-0.25, -0.2) is 9.59 Å². The second kappa shape index (κ2) is 6.75. The van der Waals surface area contributed by atoms with E-state index in [0.717, 1.165) is 6.42 Å². The number of hydrogen-bond donors (Lipinski definition) is 3. The van der Waals surface area contributed by atoms with Crippen LogP contribution in [0.4, 0.5) is 4.79 Å². The third kappa shape index (κ3) is 4.70. The van der Waals surface area contributed by atoms with Gasteiger partial charge in [-0.2, -0.15) is 0 Å². The van der Waals surface area contributed by atoms with Crippen molar-refractivity contribution >= 4 is 12.0 Å². The van der Waals surface area contributed by atoms with Gasteiger partial charge in [0.05, 0.1) is 6.10 Å². The number of aliphatic hydroxyl groups is 1. The second-order valence-corrected chi connectivity index (χ2v) is 5.75. The van der Waals surface area contributed by atoms with E-state index in [0.29, 0.717) is 13.0 Å². The Morgan fingerprint density at radius 1 is 1.42 bits per heavy atom. The summed E-state index contributed by atoms with van der Waals surface area (Å²) in [4.78, 5) is 24.6. The molecule has 3 unspecified atom stereocenters. The number of hydrogen-bond acceptors (Lipinski definition) is 3. The zero-order valence-electron chi connectivity index (χ0n) is 11.8. The molecule has 6 nitrogen and oxygen atoms in total. The summed E-state index contributed by atoms with van der Waals surface area (Å²) in [5, 5.41) is 21.4. The van der Waals surface area contributed by atoms with Gasteiger partial charge in [-0.1, -0.05) is 20.8 Å². The summed E-state index contributed by atoms with van der Waals surface area (Å²) in [6, 6.07) is -1.28. The standard InChI is InChI=1S/C13H24N2O4/c1-8(2)6-10(12(17)18)14-13(19)15-5-4-9(3)11(16)7-15/h8-11,16H,4-7H2,1-3H3,(H,14,19)(H,17,18). The Bertz CT molecular complexity index is 333. The SMILES string of the molecule is CC(C)CC(NC(=O)N1CCC(C)C(O)C1)C(=O)O. The molecular weight excluding hydrogens is 248 g/mol. The summed E-state index contributed by atoms with van der Waals surface area (Å²) in [6.07, 6.45) is 0.595. The number of β-amino-alcohol motifs (C(OH)–C–C–N with tert-alkyl or cyclic N) is 1. The average molecular weight is 272 g/mol. The maximum atomic E-state index is 12.0. The van der Waals surface area contributed by atoms with E-state index in [4.69, 9.17) is 5.11 Å². The zero-order chi connectivity index (χ0) is 14.6. The Hall–Kier alpha value is -1.30. The van der Waals surface area contributed by atoms with Gasteiger partial charge in [-0.3, -0.25) is 0 Å². The van der Waals surface area contributed by atoms with Crippen molar-refractivity contribution in [3.05, 3.63) is 0 Å². The van der Waals surface area contributed by atoms with E-state index in [-0.39, 0.29) is 18.4 Å². The largest absolute Gasteiger partial charge is 0.480 e. The van der Waals surface area contributed by atoms with Crippen molar-refractivity contribution in [1.82, 2.24) is 10.2 Å². The normalized spacial score (nSPS) is 25.2. The number of piperidine rings is 1. The minimum absolute atomic E-state index is 0.176. The first-order chi connectivity index (χ1) is 8.81. The summed E-state index contributed by atoms with van der Waals surface area (Å²) < 4.78 is 0. The summed E-state index contributed by atoms with van der Waals surface area (Å²) in [5.41, 5.74) is 0. The molecule has 0 radical (unpaired) electrons. The monoisotopic (exact) mass is 272 g/mol. The molecule has 3 atom stereocenters. The Labute approximate surface area is 113 Å². The number of aliphatic carboxylic acids is 1. The lowest BCUT2D eigenvalue weighted by Crippen LogP contribution is -2.53. The highest BCUT2D eigenvalue weighted by atomic mass is 16.4. The van der Waals surface area contributed by atoms with Crippen LogP contribution in [-0.2, 0) is 4.79 Å². The Balaban J connectivity index is 2.55. The highest BCUT2D eigenvalue weighted by Gasteiger charge is 2.29. The minimum atomic E-state index is -1.02. The zero-order valence-corrected chi connectivity index (χ0v) is 11.8. The van der Waals surface area contributed by atoms with Crippen LogP contribution in [-0.4, -0.2) is 52.3 Å². The molecule has 0 spiro atoms. The van der Waals surface area contributed by atoms with Gasteiger partial charge in [0.15, 0.2) is 0 Å². The van der Waals surface area contributed by atoms with Crippen LogP contribution in [0, 0.1) is 11.8 Å². The van der Waals surface area contributed by atoms with Crippen molar-refractivity contribution in [3.8, 4) is 0 Å². The van der Waals surface area contributed by atoms with E-state index in [1.165, 1.54) is 4.90 Å². The Morgan fingerprint density at radius 2 is 2.05 bits per heavy atom. The van der Waals surface area contributed by atoms with Gasteiger partial charge in [-0.15, -0.1) is 0 Å². The first-order valence-electron chi connectivity index (χ1n) is 6.77. The maximum absolute atomic E-state index is 12.0. The van der Waals surface area contributed by atoms with Gasteiger partial charge in [-0.05, 0) is 24.7 Å². The number of amides is 2. The predicted molar refractivity (Wildman–Crippen MR) is 70.8 cm³/mol. The van der Waals surface area contributed by atoms with Crippen LogP contribution in [0.15, 0.2) is 0 Å². The number of carboxylic acids is 1. The number of aliphatic hydroxyl groups excluding tert-OH is 1. The van der Waals surface area contributed by atoms with Crippen LogP contribution >= 0.6 is 0 Å². The van der Waals surface area contributed by atoms with Crippen LogP contribution in [0.25, 0.3) is 0 Å². The molecule has 1 heterocycles. The van der Waals surface area contributed by atoms with E-state index in [2.05, 4.69) is 5.32 Å². The molecule has 0 aromatic carbocycles. The van der Waals surface area contributed by atoms with Crippen LogP contribution in [0.2, 0.25) is 0 Å². The van der Waals surface area contributed by atoms with Crippen LogP contribution < -0.4 is 5.32 Å². The highest BCUT2D eigenvalue weighted by molar-refractivity contribution is 5.82. The third-order valence-corrected chi connectivity index (χ3v) is 3.51. The van der Waals surface area contributed by atoms with Crippen molar-refractivity contribution in [3.63, 3.8) is 0 Å². The van der Waals surface area contributed by atoms with Gasteiger partial charge in [0.25, 0.3) is 0 Å². The van der Waals surface area contributed by atoms with Gasteiger partial charge in [0, 0.05) is 13.1 Å². The Morgan fingerprint density at radius 3 is 2.53 bits per heavy atom. The van der Waals surface area contributed by atoms with E-state index in [1.807, 2.05) is 20.8 Å². The number of likely N-dealkylation sites (tertiary alicyclic amines) is 1. The first-order valence-corrected chi connectivity index (χ1v) is 6.77. The van der Waals surface area contributed by atoms with Gasteiger partial charge >= 0.3 is 12.0 Å². The fourth-order valence-electron chi connectivity index (χ4n) is 2.17. The maximum Gasteiger partial charge on any atom is 0.326 e. The number of nitrogens with zero attached hydrogens (tertiary/aromatic N) is 1. The molecule has 1 fully saturated rings. The molecule has 6 heteroatoms. The number of carboxylic acid groups (broad SMARTS) is 1. The molecule has 1 rings (SSSR count). The quantitative estimate of drug-likeness (QED) is 0.709. The summed E-state index contributed by atoms with van der Waals surface area (Å²) in [7, 11) is 0. The minimum Gasteiger partial charge on any atom is -0.480 e. The lowest BCUT2D eigenvalue weighted by Gasteiger charge is -2.34. The summed E-state index contributed by atoms with van der Waals surface area (Å²) in [5.74, 6) is -0.656. The molecule has 0 saturated carbocycles. The number of carbonyl (C=O) groups is 2. The van der Waals surface area contributed by atoms with Crippen molar-refractivity contribution < 1.29 is 19.8 Å². The number of carbonyl (C=O) groups excluding carboxylic acids is 1. The second-order valence-electron chi connectivity index (χ2n) is 5.75. The number of urea groups is 1. The smallest absolute Gasteiger partial charge is 0.326 e. The van der Waals surface area contributed by atoms with Gasteiger partial charge in [0.1, 0.15) is 6.04 Å². The first kappa shape index (κ1) is 15.8. The predicted octanol–water partition coefficient (Wildman–Crippen LogP) is 0.898. The molecule has 1 saturated heterocycles. The van der Waals surface area contributed by atoms with E-state index in [1.54, 1.807) is 0 Å². The fourth-order valence-corrected chi connectivity index (χ4v) is 2.17. The lowest BCUT2D eigenvalue weighted by molar-refractivity contribution is -0.139. The molecule has 2 amide bonds.